The Morgan fingerprint density at radius 1 is 1.56 bits per heavy atom. The maximum atomic E-state index is 5.95. The lowest BCUT2D eigenvalue weighted by Gasteiger charge is -2.03. The SMILES string of the molecule is CCCc1noc(C(N)Cc2cnc[nH]2)n1. The molecule has 0 saturated heterocycles. The van der Waals surface area contributed by atoms with Gasteiger partial charge in [0.1, 0.15) is 0 Å². The van der Waals surface area contributed by atoms with Gasteiger partial charge in [-0.2, -0.15) is 4.98 Å². The minimum absolute atomic E-state index is 0.279. The second-order valence-corrected chi connectivity index (χ2v) is 3.69. The second kappa shape index (κ2) is 4.89. The molecule has 0 spiro atoms. The molecule has 0 aliphatic heterocycles. The first-order chi connectivity index (χ1) is 7.79. The van der Waals surface area contributed by atoms with Crippen LogP contribution in [0.25, 0.3) is 0 Å². The standard InChI is InChI=1S/C10H15N5O/c1-2-3-9-14-10(16-15-9)8(11)4-7-5-12-6-13-7/h5-6,8H,2-4,11H2,1H3,(H,12,13). The fourth-order valence-electron chi connectivity index (χ4n) is 1.46. The topological polar surface area (TPSA) is 93.6 Å². The summed E-state index contributed by atoms with van der Waals surface area (Å²) in [6, 6.07) is -0.279. The third kappa shape index (κ3) is 2.46. The molecular weight excluding hydrogens is 206 g/mol. The van der Waals surface area contributed by atoms with E-state index in [-0.39, 0.29) is 6.04 Å². The number of nitrogens with two attached hydrogens (primary N) is 1. The Labute approximate surface area is 93.3 Å². The largest absolute Gasteiger partial charge is 0.348 e. The van der Waals surface area contributed by atoms with Crippen molar-refractivity contribution in [3.8, 4) is 0 Å². The van der Waals surface area contributed by atoms with Crippen LogP contribution < -0.4 is 5.73 Å². The number of H-pyrrole nitrogens is 1. The summed E-state index contributed by atoms with van der Waals surface area (Å²) in [5.74, 6) is 1.20. The number of aromatic amines is 1. The molecule has 0 fully saturated rings. The van der Waals surface area contributed by atoms with Gasteiger partial charge in [0.2, 0.25) is 5.89 Å². The molecule has 1 atom stereocenters. The van der Waals surface area contributed by atoms with Crippen molar-refractivity contribution in [1.29, 1.82) is 0 Å². The van der Waals surface area contributed by atoms with Crippen LogP contribution in [-0.2, 0) is 12.8 Å². The predicted molar refractivity (Wildman–Crippen MR) is 57.5 cm³/mol. The Bertz CT molecular complexity index is 422. The van der Waals surface area contributed by atoms with Crippen molar-refractivity contribution >= 4 is 0 Å². The van der Waals surface area contributed by atoms with Crippen molar-refractivity contribution in [2.75, 3.05) is 0 Å². The van der Waals surface area contributed by atoms with Crippen LogP contribution in [0.3, 0.4) is 0 Å². The second-order valence-electron chi connectivity index (χ2n) is 3.69. The molecule has 3 N–H and O–H groups in total. The van der Waals surface area contributed by atoms with Crippen LogP contribution in [0.5, 0.6) is 0 Å². The average molecular weight is 221 g/mol. The molecule has 86 valence electrons. The van der Waals surface area contributed by atoms with Crippen molar-refractivity contribution in [2.24, 2.45) is 5.73 Å². The summed E-state index contributed by atoms with van der Waals surface area (Å²) in [5.41, 5.74) is 6.91. The molecular formula is C10H15N5O. The lowest BCUT2D eigenvalue weighted by atomic mass is 10.2. The molecule has 0 bridgehead atoms. The molecule has 0 amide bonds. The summed E-state index contributed by atoms with van der Waals surface area (Å²) in [5, 5.41) is 3.86. The van der Waals surface area contributed by atoms with Gasteiger partial charge in [-0.15, -0.1) is 0 Å². The monoisotopic (exact) mass is 221 g/mol. The third-order valence-corrected chi connectivity index (χ3v) is 2.27. The van der Waals surface area contributed by atoms with Crippen molar-refractivity contribution in [2.45, 2.75) is 32.2 Å². The first-order valence-corrected chi connectivity index (χ1v) is 5.35. The molecule has 2 heterocycles. The molecule has 0 aromatic carbocycles. The molecule has 1 unspecified atom stereocenters. The van der Waals surface area contributed by atoms with Crippen molar-refractivity contribution in [3.63, 3.8) is 0 Å². The zero-order valence-corrected chi connectivity index (χ0v) is 9.18. The summed E-state index contributed by atoms with van der Waals surface area (Å²) >= 11 is 0. The maximum Gasteiger partial charge on any atom is 0.243 e. The average Bonchev–Trinajstić information content (AvgIpc) is 2.89. The Morgan fingerprint density at radius 3 is 3.12 bits per heavy atom. The number of aromatic nitrogens is 4. The van der Waals surface area contributed by atoms with Crippen LogP contribution in [0.2, 0.25) is 0 Å². The zero-order chi connectivity index (χ0) is 11.4. The van der Waals surface area contributed by atoms with Crippen LogP contribution in [-0.4, -0.2) is 20.1 Å². The van der Waals surface area contributed by atoms with E-state index in [9.17, 15) is 0 Å². The van der Waals surface area contributed by atoms with Crippen LogP contribution in [0.1, 0.15) is 36.8 Å². The summed E-state index contributed by atoms with van der Waals surface area (Å²) in [4.78, 5) is 11.2. The molecule has 6 nitrogen and oxygen atoms in total. The number of hydrogen-bond donors (Lipinski definition) is 2. The highest BCUT2D eigenvalue weighted by molar-refractivity contribution is 5.02. The fourth-order valence-corrected chi connectivity index (χ4v) is 1.46. The Morgan fingerprint density at radius 2 is 2.44 bits per heavy atom. The maximum absolute atomic E-state index is 5.95. The highest BCUT2D eigenvalue weighted by Crippen LogP contribution is 2.12. The van der Waals surface area contributed by atoms with Gasteiger partial charge in [0.25, 0.3) is 0 Å². The number of rotatable bonds is 5. The van der Waals surface area contributed by atoms with E-state index in [0.717, 1.165) is 24.4 Å². The smallest absolute Gasteiger partial charge is 0.243 e. The van der Waals surface area contributed by atoms with Gasteiger partial charge in [-0.05, 0) is 6.42 Å². The number of nitrogens with zero attached hydrogens (tertiary/aromatic N) is 3. The van der Waals surface area contributed by atoms with Crippen LogP contribution in [0, 0.1) is 0 Å². The van der Waals surface area contributed by atoms with E-state index < -0.39 is 0 Å². The van der Waals surface area contributed by atoms with Gasteiger partial charge in [-0.3, -0.25) is 0 Å². The molecule has 2 aromatic heterocycles. The molecule has 0 aliphatic carbocycles. The van der Waals surface area contributed by atoms with Crippen LogP contribution in [0.15, 0.2) is 17.0 Å². The minimum Gasteiger partial charge on any atom is -0.348 e. The van der Waals surface area contributed by atoms with Gasteiger partial charge < -0.3 is 15.2 Å². The van der Waals surface area contributed by atoms with E-state index in [1.165, 1.54) is 0 Å². The Hall–Kier alpha value is -1.69. The van der Waals surface area contributed by atoms with Gasteiger partial charge in [0, 0.05) is 24.7 Å². The first kappa shape index (κ1) is 10.8. The third-order valence-electron chi connectivity index (χ3n) is 2.27. The van der Waals surface area contributed by atoms with E-state index in [0.29, 0.717) is 12.3 Å². The van der Waals surface area contributed by atoms with Gasteiger partial charge in [-0.1, -0.05) is 12.1 Å². The highest BCUT2D eigenvalue weighted by Gasteiger charge is 2.15. The van der Waals surface area contributed by atoms with E-state index in [4.69, 9.17) is 10.3 Å². The van der Waals surface area contributed by atoms with Crippen LogP contribution in [0.4, 0.5) is 0 Å². The van der Waals surface area contributed by atoms with E-state index in [1.54, 1.807) is 12.5 Å². The predicted octanol–water partition coefficient (Wildman–Crippen LogP) is 0.988. The van der Waals surface area contributed by atoms with E-state index in [1.807, 2.05) is 0 Å². The minimum atomic E-state index is -0.279. The van der Waals surface area contributed by atoms with Crippen molar-refractivity contribution < 1.29 is 4.52 Å². The van der Waals surface area contributed by atoms with Crippen molar-refractivity contribution in [3.05, 3.63) is 29.9 Å². The first-order valence-electron chi connectivity index (χ1n) is 5.35. The van der Waals surface area contributed by atoms with Gasteiger partial charge in [-0.25, -0.2) is 4.98 Å². The Kier molecular flexibility index (Phi) is 3.31. The summed E-state index contributed by atoms with van der Waals surface area (Å²) in [7, 11) is 0. The molecule has 16 heavy (non-hydrogen) atoms. The lowest BCUT2D eigenvalue weighted by molar-refractivity contribution is 0.349. The quantitative estimate of drug-likeness (QED) is 0.785. The van der Waals surface area contributed by atoms with Gasteiger partial charge in [0.05, 0.1) is 12.4 Å². The lowest BCUT2D eigenvalue weighted by Crippen LogP contribution is -2.14. The van der Waals surface area contributed by atoms with E-state index in [2.05, 4.69) is 27.0 Å². The molecule has 2 rings (SSSR count). The van der Waals surface area contributed by atoms with Crippen molar-refractivity contribution in [1.82, 2.24) is 20.1 Å². The van der Waals surface area contributed by atoms with Gasteiger partial charge in [0.15, 0.2) is 5.82 Å². The highest BCUT2D eigenvalue weighted by atomic mass is 16.5. The normalized spacial score (nSPS) is 12.9. The number of aryl methyl sites for hydroxylation is 1. The fraction of sp³-hybridized carbons (Fsp3) is 0.500. The van der Waals surface area contributed by atoms with E-state index >= 15 is 0 Å². The Balaban J connectivity index is 2.00. The molecule has 6 heteroatoms. The number of imidazole rings is 1. The zero-order valence-electron chi connectivity index (χ0n) is 9.18. The molecule has 2 aromatic rings. The molecule has 0 aliphatic rings. The molecule has 0 radical (unpaired) electrons. The van der Waals surface area contributed by atoms with Gasteiger partial charge >= 0.3 is 0 Å². The number of hydrogen-bond acceptors (Lipinski definition) is 5. The summed E-state index contributed by atoms with van der Waals surface area (Å²) < 4.78 is 5.11. The van der Waals surface area contributed by atoms with Crippen LogP contribution >= 0.6 is 0 Å². The summed E-state index contributed by atoms with van der Waals surface area (Å²) in [6.07, 6.45) is 5.80. The summed E-state index contributed by atoms with van der Waals surface area (Å²) in [6.45, 7) is 2.07. The number of nitrogens with one attached hydrogen (secondary N) is 1. The molecule has 0 saturated carbocycles.